The van der Waals surface area contributed by atoms with E-state index in [4.69, 9.17) is 0 Å². The summed E-state index contributed by atoms with van der Waals surface area (Å²) in [5.41, 5.74) is 2.98. The average molecular weight is 378 g/mol. The molecule has 0 aliphatic heterocycles. The second-order valence-corrected chi connectivity index (χ2v) is 7.27. The van der Waals surface area contributed by atoms with E-state index in [0.717, 1.165) is 24.0 Å². The van der Waals surface area contributed by atoms with Crippen LogP contribution in [0, 0.1) is 11.8 Å². The number of amides is 1. The molecule has 1 amide bonds. The Morgan fingerprint density at radius 1 is 1.13 bits per heavy atom. The topological polar surface area (TPSA) is 46.2 Å². The van der Waals surface area contributed by atoms with Crippen LogP contribution in [0.3, 0.4) is 0 Å². The first-order chi connectivity index (χ1) is 10.9. The molecule has 1 aliphatic rings. The lowest BCUT2D eigenvalue weighted by Gasteiger charge is -2.23. The number of Topliss-reactive ketones (excluding diaryl/α,β-unsaturated/α-hetero) is 1. The van der Waals surface area contributed by atoms with E-state index in [0.29, 0.717) is 17.2 Å². The summed E-state index contributed by atoms with van der Waals surface area (Å²) in [5.74, 6) is 0.0417. The highest BCUT2D eigenvalue weighted by atomic mass is 79.9. The third-order valence-corrected chi connectivity index (χ3v) is 5.67. The minimum absolute atomic E-state index is 0.0487. The predicted octanol–water partition coefficient (Wildman–Crippen LogP) is 4.57. The minimum Gasteiger partial charge on any atom is -0.322 e. The van der Waals surface area contributed by atoms with E-state index in [1.54, 1.807) is 0 Å². The maximum Gasteiger partial charge on any atom is 0.227 e. The molecule has 0 radical (unpaired) electrons. The number of ketones is 1. The van der Waals surface area contributed by atoms with Gasteiger partial charge in [-0.05, 0) is 11.5 Å². The SMILES string of the molecule is CCC(CC)C(Br)C1=C(NC(=O)C(C)C)C(=O)c2ccccc21. The van der Waals surface area contributed by atoms with E-state index in [2.05, 4.69) is 35.1 Å². The molecule has 1 atom stereocenters. The summed E-state index contributed by atoms with van der Waals surface area (Å²) in [7, 11) is 0. The molecule has 4 heteroatoms. The van der Waals surface area contributed by atoms with Gasteiger partial charge in [0.05, 0.1) is 5.70 Å². The molecule has 0 aromatic heterocycles. The Kier molecular flexibility index (Phi) is 5.79. The molecule has 1 aliphatic carbocycles. The minimum atomic E-state index is -0.165. The standard InChI is InChI=1S/C19H24BrNO2/c1-5-12(6-2)16(20)15-13-9-7-8-10-14(13)18(22)17(15)21-19(23)11(3)4/h7-12,16H,5-6H2,1-4H3,(H,21,22,23). The molecule has 0 saturated heterocycles. The van der Waals surface area contributed by atoms with Crippen molar-refractivity contribution in [1.29, 1.82) is 0 Å². The van der Waals surface area contributed by atoms with Gasteiger partial charge in [0.25, 0.3) is 0 Å². The van der Waals surface area contributed by atoms with Crippen LogP contribution < -0.4 is 5.32 Å². The Balaban J connectivity index is 2.52. The van der Waals surface area contributed by atoms with E-state index >= 15 is 0 Å². The molecule has 0 saturated carbocycles. The maximum absolute atomic E-state index is 12.8. The van der Waals surface area contributed by atoms with Crippen molar-refractivity contribution in [2.45, 2.75) is 45.4 Å². The lowest BCUT2D eigenvalue weighted by Crippen LogP contribution is -2.31. The smallest absolute Gasteiger partial charge is 0.227 e. The Labute approximate surface area is 146 Å². The van der Waals surface area contributed by atoms with E-state index in [9.17, 15) is 9.59 Å². The Morgan fingerprint density at radius 3 is 2.22 bits per heavy atom. The molecule has 0 spiro atoms. The molecule has 0 heterocycles. The average Bonchev–Trinajstić information content (AvgIpc) is 2.81. The van der Waals surface area contributed by atoms with Crippen LogP contribution in [0.2, 0.25) is 0 Å². The van der Waals surface area contributed by atoms with Crippen molar-refractivity contribution in [1.82, 2.24) is 5.32 Å². The molecule has 3 nitrogen and oxygen atoms in total. The number of rotatable bonds is 6. The van der Waals surface area contributed by atoms with Gasteiger partial charge in [-0.25, -0.2) is 0 Å². The molecule has 0 fully saturated rings. The fourth-order valence-electron chi connectivity index (χ4n) is 2.92. The summed E-state index contributed by atoms with van der Waals surface area (Å²) in [5, 5.41) is 2.87. The number of halogens is 1. The highest BCUT2D eigenvalue weighted by Gasteiger charge is 2.35. The Bertz CT molecular complexity index is 645. The van der Waals surface area contributed by atoms with E-state index in [1.165, 1.54) is 0 Å². The van der Waals surface area contributed by atoms with Crippen LogP contribution in [0.1, 0.15) is 56.5 Å². The monoisotopic (exact) mass is 377 g/mol. The van der Waals surface area contributed by atoms with Gasteiger partial charge in [-0.15, -0.1) is 0 Å². The zero-order chi connectivity index (χ0) is 17.1. The summed E-state index contributed by atoms with van der Waals surface area (Å²) in [6, 6.07) is 7.60. The molecular formula is C19H24BrNO2. The van der Waals surface area contributed by atoms with Crippen LogP contribution in [0.5, 0.6) is 0 Å². The zero-order valence-electron chi connectivity index (χ0n) is 14.2. The first-order valence-corrected chi connectivity index (χ1v) is 9.17. The molecule has 1 unspecified atom stereocenters. The van der Waals surface area contributed by atoms with Gasteiger partial charge in [-0.3, -0.25) is 9.59 Å². The zero-order valence-corrected chi connectivity index (χ0v) is 15.7. The first kappa shape index (κ1) is 17.9. The fraction of sp³-hybridized carbons (Fsp3) is 0.474. The highest BCUT2D eigenvalue weighted by Crippen LogP contribution is 2.41. The predicted molar refractivity (Wildman–Crippen MR) is 97.5 cm³/mol. The Hall–Kier alpha value is -1.42. The van der Waals surface area contributed by atoms with Gasteiger partial charge in [0.1, 0.15) is 0 Å². The van der Waals surface area contributed by atoms with Crippen molar-refractivity contribution in [2.24, 2.45) is 11.8 Å². The first-order valence-electron chi connectivity index (χ1n) is 8.25. The number of nitrogens with one attached hydrogen (secondary N) is 1. The third kappa shape index (κ3) is 3.42. The van der Waals surface area contributed by atoms with Crippen LogP contribution in [-0.2, 0) is 4.79 Å². The van der Waals surface area contributed by atoms with Crippen LogP contribution in [0.4, 0.5) is 0 Å². The second kappa shape index (κ2) is 7.43. The van der Waals surface area contributed by atoms with Crippen LogP contribution in [0.15, 0.2) is 30.0 Å². The van der Waals surface area contributed by atoms with Gasteiger partial charge >= 0.3 is 0 Å². The summed E-state index contributed by atoms with van der Waals surface area (Å²) < 4.78 is 0. The lowest BCUT2D eigenvalue weighted by atomic mass is 9.91. The fourth-order valence-corrected chi connectivity index (χ4v) is 4.15. The number of carbonyl (C=O) groups is 2. The quantitative estimate of drug-likeness (QED) is 0.738. The normalized spacial score (nSPS) is 15.3. The number of hydrogen-bond acceptors (Lipinski definition) is 2. The molecule has 0 bridgehead atoms. The van der Waals surface area contributed by atoms with Crippen LogP contribution in [-0.4, -0.2) is 16.5 Å². The van der Waals surface area contributed by atoms with Crippen molar-refractivity contribution in [3.8, 4) is 0 Å². The van der Waals surface area contributed by atoms with E-state index in [1.807, 2.05) is 38.1 Å². The number of allylic oxidation sites excluding steroid dienone is 2. The van der Waals surface area contributed by atoms with E-state index in [-0.39, 0.29) is 22.4 Å². The lowest BCUT2D eigenvalue weighted by molar-refractivity contribution is -0.123. The van der Waals surface area contributed by atoms with Crippen molar-refractivity contribution in [2.75, 3.05) is 0 Å². The molecule has 124 valence electrons. The molecule has 1 N–H and O–H groups in total. The maximum atomic E-state index is 12.8. The van der Waals surface area contributed by atoms with Gasteiger partial charge in [0.15, 0.2) is 0 Å². The van der Waals surface area contributed by atoms with Crippen LogP contribution in [0.25, 0.3) is 5.57 Å². The van der Waals surface area contributed by atoms with Crippen molar-refractivity contribution in [3.63, 3.8) is 0 Å². The van der Waals surface area contributed by atoms with Gasteiger partial charge in [0.2, 0.25) is 11.7 Å². The number of alkyl halides is 1. The van der Waals surface area contributed by atoms with Crippen LogP contribution >= 0.6 is 15.9 Å². The third-order valence-electron chi connectivity index (χ3n) is 4.47. The van der Waals surface area contributed by atoms with Gasteiger partial charge in [-0.1, -0.05) is 80.7 Å². The number of fused-ring (bicyclic) bond motifs is 1. The molecule has 1 aromatic rings. The van der Waals surface area contributed by atoms with Gasteiger partial charge < -0.3 is 5.32 Å². The van der Waals surface area contributed by atoms with Crippen molar-refractivity contribution in [3.05, 3.63) is 41.1 Å². The highest BCUT2D eigenvalue weighted by molar-refractivity contribution is 9.09. The summed E-state index contributed by atoms with van der Waals surface area (Å²) in [4.78, 5) is 25.0. The molecular weight excluding hydrogens is 354 g/mol. The molecule has 2 rings (SSSR count). The largest absolute Gasteiger partial charge is 0.322 e. The number of hydrogen-bond donors (Lipinski definition) is 1. The van der Waals surface area contributed by atoms with Crippen molar-refractivity contribution >= 4 is 33.2 Å². The Morgan fingerprint density at radius 2 is 1.70 bits per heavy atom. The van der Waals surface area contributed by atoms with Gasteiger partial charge in [-0.2, -0.15) is 0 Å². The summed E-state index contributed by atoms with van der Waals surface area (Å²) in [6.07, 6.45) is 2.02. The van der Waals surface area contributed by atoms with Crippen molar-refractivity contribution < 1.29 is 9.59 Å². The summed E-state index contributed by atoms with van der Waals surface area (Å²) in [6.45, 7) is 7.96. The van der Waals surface area contributed by atoms with Gasteiger partial charge in [0, 0.05) is 21.9 Å². The van der Waals surface area contributed by atoms with E-state index < -0.39 is 0 Å². The second-order valence-electron chi connectivity index (χ2n) is 6.29. The molecule has 23 heavy (non-hydrogen) atoms. The number of carbonyl (C=O) groups excluding carboxylic acids is 2. The summed E-state index contributed by atoms with van der Waals surface area (Å²) >= 11 is 3.79. The number of benzene rings is 1. The molecule has 1 aromatic carbocycles.